The highest BCUT2D eigenvalue weighted by atomic mass is 32.1. The second kappa shape index (κ2) is 9.09. The SMILES string of the molecule is CC(C)(C)NC(=O)NC[C@@H]1Cc2ccccc2CN1C(=S)NC[C@@H]1CCCO1. The summed E-state index contributed by atoms with van der Waals surface area (Å²) in [4.78, 5) is 14.4. The predicted molar refractivity (Wildman–Crippen MR) is 115 cm³/mol. The Morgan fingerprint density at radius 2 is 1.96 bits per heavy atom. The molecule has 0 saturated carbocycles. The Morgan fingerprint density at radius 3 is 2.64 bits per heavy atom. The molecule has 1 aromatic carbocycles. The van der Waals surface area contributed by atoms with E-state index < -0.39 is 0 Å². The monoisotopic (exact) mass is 404 g/mol. The first-order valence-electron chi connectivity index (χ1n) is 10.1. The van der Waals surface area contributed by atoms with Gasteiger partial charge in [0.1, 0.15) is 0 Å². The number of thiocarbonyl (C=S) groups is 1. The van der Waals surface area contributed by atoms with Crippen LogP contribution in [0.5, 0.6) is 0 Å². The summed E-state index contributed by atoms with van der Waals surface area (Å²) in [6.45, 7) is 8.78. The zero-order valence-corrected chi connectivity index (χ0v) is 17.9. The van der Waals surface area contributed by atoms with E-state index in [1.807, 2.05) is 20.8 Å². The van der Waals surface area contributed by atoms with E-state index in [2.05, 4.69) is 45.1 Å². The quantitative estimate of drug-likeness (QED) is 0.673. The summed E-state index contributed by atoms with van der Waals surface area (Å²) in [5, 5.41) is 10.1. The number of carbonyl (C=O) groups excluding carboxylic acids is 1. The third-order valence-electron chi connectivity index (χ3n) is 5.11. The van der Waals surface area contributed by atoms with Gasteiger partial charge in [0.15, 0.2) is 5.11 Å². The zero-order valence-electron chi connectivity index (χ0n) is 17.1. The number of nitrogens with zero attached hydrogens (tertiary/aromatic N) is 1. The summed E-state index contributed by atoms with van der Waals surface area (Å²) in [5.41, 5.74) is 2.35. The van der Waals surface area contributed by atoms with Gasteiger partial charge in [-0.2, -0.15) is 0 Å². The number of ether oxygens (including phenoxy) is 1. The van der Waals surface area contributed by atoms with Gasteiger partial charge in [-0.05, 0) is 63.4 Å². The van der Waals surface area contributed by atoms with Gasteiger partial charge in [-0.15, -0.1) is 0 Å². The van der Waals surface area contributed by atoms with E-state index in [-0.39, 0.29) is 23.7 Å². The molecule has 0 aromatic heterocycles. The lowest BCUT2D eigenvalue weighted by Gasteiger charge is -2.39. The highest BCUT2D eigenvalue weighted by molar-refractivity contribution is 7.80. The number of carbonyl (C=O) groups is 1. The largest absolute Gasteiger partial charge is 0.376 e. The standard InChI is InChI=1S/C21H32N4O2S/c1-21(2,3)24-19(26)22-12-17-11-15-7-4-5-8-16(15)14-25(17)20(28)23-13-18-9-6-10-27-18/h4-5,7-8,17-18H,6,9-14H2,1-3H3,(H,23,28)(H2,22,24,26)/t17-,18-/m0/s1. The zero-order chi connectivity index (χ0) is 20.1. The fraction of sp³-hybridized carbons (Fsp3) is 0.619. The molecule has 2 atom stereocenters. The molecule has 2 amide bonds. The summed E-state index contributed by atoms with van der Waals surface area (Å²) < 4.78 is 5.69. The van der Waals surface area contributed by atoms with Crippen molar-refractivity contribution in [1.82, 2.24) is 20.9 Å². The normalized spacial score (nSPS) is 21.8. The molecule has 0 aliphatic carbocycles. The van der Waals surface area contributed by atoms with E-state index >= 15 is 0 Å². The summed E-state index contributed by atoms with van der Waals surface area (Å²) in [6, 6.07) is 8.42. The van der Waals surface area contributed by atoms with Gasteiger partial charge in [-0.3, -0.25) is 0 Å². The van der Waals surface area contributed by atoms with Gasteiger partial charge in [0, 0.05) is 31.8 Å². The smallest absolute Gasteiger partial charge is 0.315 e. The minimum Gasteiger partial charge on any atom is -0.376 e. The van der Waals surface area contributed by atoms with Crippen LogP contribution in [-0.2, 0) is 17.7 Å². The van der Waals surface area contributed by atoms with E-state index in [9.17, 15) is 4.79 Å². The number of hydrogen-bond donors (Lipinski definition) is 3. The van der Waals surface area contributed by atoms with Crippen LogP contribution >= 0.6 is 12.2 Å². The first-order chi connectivity index (χ1) is 13.3. The van der Waals surface area contributed by atoms with Crippen LogP contribution < -0.4 is 16.0 Å². The van der Waals surface area contributed by atoms with Crippen LogP contribution in [0.25, 0.3) is 0 Å². The molecule has 28 heavy (non-hydrogen) atoms. The van der Waals surface area contributed by atoms with Crippen molar-refractivity contribution < 1.29 is 9.53 Å². The molecule has 2 aliphatic heterocycles. The maximum absolute atomic E-state index is 12.2. The van der Waals surface area contributed by atoms with Gasteiger partial charge >= 0.3 is 6.03 Å². The van der Waals surface area contributed by atoms with E-state index in [4.69, 9.17) is 17.0 Å². The van der Waals surface area contributed by atoms with Gasteiger partial charge in [-0.1, -0.05) is 24.3 Å². The first kappa shape index (κ1) is 20.9. The Bertz CT molecular complexity index is 698. The predicted octanol–water partition coefficient (Wildman–Crippen LogP) is 2.56. The molecule has 6 nitrogen and oxygen atoms in total. The van der Waals surface area contributed by atoms with Gasteiger partial charge in [0.25, 0.3) is 0 Å². The summed E-state index contributed by atoms with van der Waals surface area (Å²) >= 11 is 5.71. The third-order valence-corrected chi connectivity index (χ3v) is 5.49. The second-order valence-corrected chi connectivity index (χ2v) is 9.05. The third kappa shape index (κ3) is 5.82. The Hall–Kier alpha value is -1.86. The number of hydrogen-bond acceptors (Lipinski definition) is 3. The molecule has 3 N–H and O–H groups in total. The molecule has 0 spiro atoms. The first-order valence-corrected chi connectivity index (χ1v) is 10.5. The highest BCUT2D eigenvalue weighted by Gasteiger charge is 2.29. The second-order valence-electron chi connectivity index (χ2n) is 8.66. The van der Waals surface area contributed by atoms with E-state index in [1.54, 1.807) is 0 Å². The number of nitrogens with one attached hydrogen (secondary N) is 3. The Morgan fingerprint density at radius 1 is 1.21 bits per heavy atom. The van der Waals surface area contributed by atoms with Crippen LogP contribution in [-0.4, -0.2) is 53.4 Å². The molecule has 1 saturated heterocycles. The number of urea groups is 1. The number of rotatable bonds is 4. The average Bonchev–Trinajstić information content (AvgIpc) is 3.16. The fourth-order valence-corrected chi connectivity index (χ4v) is 4.01. The van der Waals surface area contributed by atoms with Crippen LogP contribution in [0.1, 0.15) is 44.7 Å². The Balaban J connectivity index is 1.63. The molecule has 1 fully saturated rings. The molecular weight excluding hydrogens is 372 g/mol. The molecule has 0 bridgehead atoms. The summed E-state index contributed by atoms with van der Waals surface area (Å²) in [5.74, 6) is 0. The van der Waals surface area contributed by atoms with E-state index in [0.29, 0.717) is 6.54 Å². The van der Waals surface area contributed by atoms with Crippen LogP contribution in [0.2, 0.25) is 0 Å². The molecule has 2 heterocycles. The number of benzene rings is 1. The minimum atomic E-state index is -0.263. The molecule has 3 rings (SSSR count). The maximum atomic E-state index is 12.2. The van der Waals surface area contributed by atoms with Crippen molar-refractivity contribution in [3.8, 4) is 0 Å². The fourth-order valence-electron chi connectivity index (χ4n) is 3.71. The lowest BCUT2D eigenvalue weighted by atomic mass is 9.94. The highest BCUT2D eigenvalue weighted by Crippen LogP contribution is 2.23. The van der Waals surface area contributed by atoms with Crippen molar-refractivity contribution in [2.24, 2.45) is 0 Å². The van der Waals surface area contributed by atoms with Crippen molar-refractivity contribution in [1.29, 1.82) is 0 Å². The molecule has 0 unspecified atom stereocenters. The Kier molecular flexibility index (Phi) is 6.78. The van der Waals surface area contributed by atoms with Crippen molar-refractivity contribution in [2.75, 3.05) is 19.7 Å². The average molecular weight is 405 g/mol. The molecule has 7 heteroatoms. The molecule has 0 radical (unpaired) electrons. The molecule has 1 aromatic rings. The van der Waals surface area contributed by atoms with Crippen LogP contribution in [0.15, 0.2) is 24.3 Å². The van der Waals surface area contributed by atoms with E-state index in [0.717, 1.165) is 44.1 Å². The van der Waals surface area contributed by atoms with Crippen molar-refractivity contribution in [3.63, 3.8) is 0 Å². The summed E-state index contributed by atoms with van der Waals surface area (Å²) in [7, 11) is 0. The molecule has 2 aliphatic rings. The molecule has 154 valence electrons. The number of amides is 2. The van der Waals surface area contributed by atoms with Gasteiger partial charge in [0.2, 0.25) is 0 Å². The van der Waals surface area contributed by atoms with Crippen molar-refractivity contribution >= 4 is 23.4 Å². The van der Waals surface area contributed by atoms with Gasteiger partial charge in [-0.25, -0.2) is 4.79 Å². The lowest BCUT2D eigenvalue weighted by Crippen LogP contribution is -2.55. The lowest BCUT2D eigenvalue weighted by molar-refractivity contribution is 0.113. The van der Waals surface area contributed by atoms with Crippen molar-refractivity contribution in [3.05, 3.63) is 35.4 Å². The van der Waals surface area contributed by atoms with Crippen LogP contribution in [0, 0.1) is 0 Å². The van der Waals surface area contributed by atoms with Crippen molar-refractivity contribution in [2.45, 2.75) is 64.3 Å². The van der Waals surface area contributed by atoms with Crippen LogP contribution in [0.3, 0.4) is 0 Å². The topological polar surface area (TPSA) is 65.6 Å². The maximum Gasteiger partial charge on any atom is 0.315 e. The summed E-state index contributed by atoms with van der Waals surface area (Å²) in [6.07, 6.45) is 3.29. The number of fused-ring (bicyclic) bond motifs is 1. The van der Waals surface area contributed by atoms with E-state index in [1.165, 1.54) is 11.1 Å². The van der Waals surface area contributed by atoms with Gasteiger partial charge in [0.05, 0.1) is 12.1 Å². The Labute approximate surface area is 173 Å². The minimum absolute atomic E-state index is 0.116. The van der Waals surface area contributed by atoms with Crippen LogP contribution in [0.4, 0.5) is 4.79 Å². The van der Waals surface area contributed by atoms with Gasteiger partial charge < -0.3 is 25.6 Å². The molecular formula is C21H32N4O2S.